The maximum absolute atomic E-state index is 9.90. The molecule has 0 bridgehead atoms. The van der Waals surface area contributed by atoms with Gasteiger partial charge in [-0.1, -0.05) is 12.8 Å². The van der Waals surface area contributed by atoms with Gasteiger partial charge in [0.2, 0.25) is 0 Å². The highest BCUT2D eigenvalue weighted by Gasteiger charge is 2.22. The number of rotatable bonds is 5. The van der Waals surface area contributed by atoms with Crippen molar-refractivity contribution in [3.05, 3.63) is 18.0 Å². The van der Waals surface area contributed by atoms with Crippen molar-refractivity contribution < 1.29 is 14.6 Å². The first kappa shape index (κ1) is 14.1. The van der Waals surface area contributed by atoms with E-state index in [1.165, 1.54) is 6.42 Å². The standard InChI is InChI=1S/C14H22N2O3/c1-18-13-7-10(15-9-14(13)19-2)8-16-11-5-3-4-6-12(11)17/h7,9,11-12,16-17H,3-6,8H2,1-2H3. The second kappa shape index (κ2) is 6.73. The van der Waals surface area contributed by atoms with Gasteiger partial charge in [-0.25, -0.2) is 0 Å². The van der Waals surface area contributed by atoms with Crippen LogP contribution in [-0.4, -0.2) is 36.5 Å². The maximum atomic E-state index is 9.90. The Hall–Kier alpha value is -1.33. The van der Waals surface area contributed by atoms with Crippen LogP contribution in [0, 0.1) is 0 Å². The first-order valence-corrected chi connectivity index (χ1v) is 6.73. The van der Waals surface area contributed by atoms with Gasteiger partial charge in [-0.2, -0.15) is 0 Å². The molecule has 0 spiro atoms. The van der Waals surface area contributed by atoms with Crippen molar-refractivity contribution in [2.45, 2.75) is 44.4 Å². The van der Waals surface area contributed by atoms with Crippen molar-refractivity contribution in [3.8, 4) is 11.5 Å². The van der Waals surface area contributed by atoms with E-state index in [0.29, 0.717) is 18.0 Å². The molecule has 1 saturated carbocycles. The summed E-state index contributed by atoms with van der Waals surface area (Å²) in [5.74, 6) is 1.31. The molecule has 106 valence electrons. The van der Waals surface area contributed by atoms with E-state index in [1.807, 2.05) is 6.07 Å². The summed E-state index contributed by atoms with van der Waals surface area (Å²) in [6.07, 6.45) is 5.62. The minimum absolute atomic E-state index is 0.170. The largest absolute Gasteiger partial charge is 0.493 e. The Labute approximate surface area is 114 Å². The van der Waals surface area contributed by atoms with Crippen molar-refractivity contribution in [2.24, 2.45) is 0 Å². The second-order valence-electron chi connectivity index (χ2n) is 4.87. The lowest BCUT2D eigenvalue weighted by Crippen LogP contribution is -2.41. The van der Waals surface area contributed by atoms with E-state index in [0.717, 1.165) is 25.0 Å². The lowest BCUT2D eigenvalue weighted by molar-refractivity contribution is 0.0901. The van der Waals surface area contributed by atoms with Gasteiger partial charge in [0.15, 0.2) is 11.5 Å². The van der Waals surface area contributed by atoms with Crippen molar-refractivity contribution in [3.63, 3.8) is 0 Å². The zero-order valence-electron chi connectivity index (χ0n) is 11.6. The molecule has 2 atom stereocenters. The quantitative estimate of drug-likeness (QED) is 0.845. The monoisotopic (exact) mass is 266 g/mol. The van der Waals surface area contributed by atoms with Gasteiger partial charge in [-0.3, -0.25) is 4.98 Å². The van der Waals surface area contributed by atoms with Crippen molar-refractivity contribution in [2.75, 3.05) is 14.2 Å². The summed E-state index contributed by atoms with van der Waals surface area (Å²) >= 11 is 0. The number of pyridine rings is 1. The molecule has 1 aliphatic carbocycles. The van der Waals surface area contributed by atoms with Crippen LogP contribution in [0.1, 0.15) is 31.4 Å². The van der Waals surface area contributed by atoms with Crippen LogP contribution in [0.2, 0.25) is 0 Å². The lowest BCUT2D eigenvalue weighted by Gasteiger charge is -2.28. The highest BCUT2D eigenvalue weighted by atomic mass is 16.5. The summed E-state index contributed by atoms with van der Waals surface area (Å²) in [6.45, 7) is 0.627. The molecular weight excluding hydrogens is 244 g/mol. The predicted molar refractivity (Wildman–Crippen MR) is 72.4 cm³/mol. The van der Waals surface area contributed by atoms with Crippen LogP contribution in [0.15, 0.2) is 12.3 Å². The number of aliphatic hydroxyl groups is 1. The molecule has 2 N–H and O–H groups in total. The van der Waals surface area contributed by atoms with E-state index in [9.17, 15) is 5.11 Å². The number of aliphatic hydroxyl groups excluding tert-OH is 1. The Bertz CT molecular complexity index is 412. The molecule has 5 heteroatoms. The maximum Gasteiger partial charge on any atom is 0.179 e. The van der Waals surface area contributed by atoms with Gasteiger partial charge < -0.3 is 19.9 Å². The number of methoxy groups -OCH3 is 2. The summed E-state index contributed by atoms with van der Waals surface area (Å²) in [7, 11) is 3.20. The van der Waals surface area contributed by atoms with Crippen molar-refractivity contribution in [1.82, 2.24) is 10.3 Å². The molecule has 19 heavy (non-hydrogen) atoms. The fourth-order valence-corrected chi connectivity index (χ4v) is 2.46. The fourth-order valence-electron chi connectivity index (χ4n) is 2.46. The molecule has 0 saturated heterocycles. The number of nitrogens with zero attached hydrogens (tertiary/aromatic N) is 1. The molecule has 0 aromatic carbocycles. The third kappa shape index (κ3) is 3.58. The van der Waals surface area contributed by atoms with E-state index < -0.39 is 0 Å². The minimum Gasteiger partial charge on any atom is -0.493 e. The molecule has 1 fully saturated rings. The van der Waals surface area contributed by atoms with E-state index in [-0.39, 0.29) is 12.1 Å². The summed E-state index contributed by atoms with van der Waals surface area (Å²) in [5, 5.41) is 13.3. The molecule has 1 heterocycles. The van der Waals surface area contributed by atoms with Gasteiger partial charge in [0, 0.05) is 18.7 Å². The van der Waals surface area contributed by atoms with E-state index >= 15 is 0 Å². The van der Waals surface area contributed by atoms with Crippen molar-refractivity contribution in [1.29, 1.82) is 0 Å². The van der Waals surface area contributed by atoms with Gasteiger partial charge in [-0.15, -0.1) is 0 Å². The molecule has 0 amide bonds. The smallest absolute Gasteiger partial charge is 0.179 e. The van der Waals surface area contributed by atoms with E-state index in [1.54, 1.807) is 20.4 Å². The Balaban J connectivity index is 1.95. The Kier molecular flexibility index (Phi) is 4.99. The predicted octanol–water partition coefficient (Wildman–Crippen LogP) is 1.49. The summed E-state index contributed by atoms with van der Waals surface area (Å²) in [4.78, 5) is 4.32. The molecule has 0 radical (unpaired) electrons. The number of nitrogens with one attached hydrogen (secondary N) is 1. The summed E-state index contributed by atoms with van der Waals surface area (Å²) in [6, 6.07) is 2.03. The summed E-state index contributed by atoms with van der Waals surface area (Å²) in [5.41, 5.74) is 0.885. The molecule has 0 aliphatic heterocycles. The minimum atomic E-state index is -0.242. The normalized spacial score (nSPS) is 23.1. The van der Waals surface area contributed by atoms with Crippen molar-refractivity contribution >= 4 is 0 Å². The molecule has 1 aliphatic rings. The highest BCUT2D eigenvalue weighted by Crippen LogP contribution is 2.26. The van der Waals surface area contributed by atoms with E-state index in [4.69, 9.17) is 9.47 Å². The Morgan fingerprint density at radius 1 is 1.26 bits per heavy atom. The second-order valence-corrected chi connectivity index (χ2v) is 4.87. The van der Waals surface area contributed by atoms with Crippen LogP contribution in [-0.2, 0) is 6.54 Å². The number of hydrogen-bond donors (Lipinski definition) is 2. The van der Waals surface area contributed by atoms with Crippen LogP contribution >= 0.6 is 0 Å². The molecule has 5 nitrogen and oxygen atoms in total. The first-order valence-electron chi connectivity index (χ1n) is 6.73. The van der Waals surface area contributed by atoms with Crippen LogP contribution in [0.25, 0.3) is 0 Å². The fraction of sp³-hybridized carbons (Fsp3) is 0.643. The van der Waals surface area contributed by atoms with Gasteiger partial charge in [-0.05, 0) is 12.8 Å². The topological polar surface area (TPSA) is 63.6 Å². The van der Waals surface area contributed by atoms with Crippen LogP contribution in [0.4, 0.5) is 0 Å². The average molecular weight is 266 g/mol. The molecular formula is C14H22N2O3. The lowest BCUT2D eigenvalue weighted by atomic mass is 9.92. The third-order valence-electron chi connectivity index (χ3n) is 3.60. The third-order valence-corrected chi connectivity index (χ3v) is 3.60. The zero-order chi connectivity index (χ0) is 13.7. The number of hydrogen-bond acceptors (Lipinski definition) is 5. The van der Waals surface area contributed by atoms with Gasteiger partial charge >= 0.3 is 0 Å². The average Bonchev–Trinajstić information content (AvgIpc) is 2.46. The van der Waals surface area contributed by atoms with Crippen LogP contribution < -0.4 is 14.8 Å². The number of ether oxygens (including phenoxy) is 2. The molecule has 2 unspecified atom stereocenters. The van der Waals surface area contributed by atoms with Gasteiger partial charge in [0.25, 0.3) is 0 Å². The van der Waals surface area contributed by atoms with E-state index in [2.05, 4.69) is 10.3 Å². The van der Waals surface area contributed by atoms with Gasteiger partial charge in [0.05, 0.1) is 32.2 Å². The summed E-state index contributed by atoms with van der Waals surface area (Å²) < 4.78 is 10.4. The SMILES string of the molecule is COc1cnc(CNC2CCCCC2O)cc1OC. The number of aromatic nitrogens is 1. The molecule has 1 aromatic rings. The molecule has 1 aromatic heterocycles. The Morgan fingerprint density at radius 2 is 2.00 bits per heavy atom. The highest BCUT2D eigenvalue weighted by molar-refractivity contribution is 5.38. The van der Waals surface area contributed by atoms with Crippen LogP contribution in [0.5, 0.6) is 11.5 Å². The Morgan fingerprint density at radius 3 is 2.68 bits per heavy atom. The van der Waals surface area contributed by atoms with Gasteiger partial charge in [0.1, 0.15) is 0 Å². The molecule has 2 rings (SSSR count). The first-order chi connectivity index (χ1) is 9.24. The van der Waals surface area contributed by atoms with Crippen LogP contribution in [0.3, 0.4) is 0 Å². The zero-order valence-corrected chi connectivity index (χ0v) is 11.6.